The van der Waals surface area contributed by atoms with Crippen molar-refractivity contribution in [2.45, 2.75) is 31.0 Å². The molecule has 4 rings (SSSR count). The van der Waals surface area contributed by atoms with E-state index in [0.717, 1.165) is 12.0 Å². The number of benzene rings is 1. The van der Waals surface area contributed by atoms with E-state index in [1.54, 1.807) is 17.2 Å². The Kier molecular flexibility index (Phi) is 3.98. The number of nitrogens with zero attached hydrogens (tertiary/aromatic N) is 3. The van der Waals surface area contributed by atoms with Gasteiger partial charge >= 0.3 is 0 Å². The Morgan fingerprint density at radius 2 is 2.12 bits per heavy atom. The van der Waals surface area contributed by atoms with Crippen molar-refractivity contribution in [2.24, 2.45) is 0 Å². The van der Waals surface area contributed by atoms with Gasteiger partial charge in [-0.1, -0.05) is 6.07 Å². The first kappa shape index (κ1) is 16.1. The predicted molar refractivity (Wildman–Crippen MR) is 87.3 cm³/mol. The van der Waals surface area contributed by atoms with Crippen molar-refractivity contribution >= 4 is 0 Å². The number of nitriles is 1. The summed E-state index contributed by atoms with van der Waals surface area (Å²) in [5.41, 5.74) is 2.38. The molecule has 1 saturated heterocycles. The predicted octanol–water partition coefficient (Wildman–Crippen LogP) is 1.11. The van der Waals surface area contributed by atoms with Crippen LogP contribution in [-0.2, 0) is 0 Å². The summed E-state index contributed by atoms with van der Waals surface area (Å²) in [6.07, 6.45) is 1.12. The summed E-state index contributed by atoms with van der Waals surface area (Å²) in [7, 11) is 0. The van der Waals surface area contributed by atoms with Gasteiger partial charge in [0.2, 0.25) is 0 Å². The fraction of sp³-hybridized carbons (Fsp3) is 0.333. The van der Waals surface area contributed by atoms with Crippen molar-refractivity contribution in [1.82, 2.24) is 15.2 Å². The molecule has 2 aromatic rings. The molecule has 0 spiro atoms. The Bertz CT molecular complexity index is 826. The number of aromatic nitrogens is 1. The minimum absolute atomic E-state index is 0.00450. The Balaban J connectivity index is 1.51. The Morgan fingerprint density at radius 1 is 1.28 bits per heavy atom. The molecule has 7 heteroatoms. The van der Waals surface area contributed by atoms with Crippen molar-refractivity contribution in [2.75, 3.05) is 6.54 Å². The maximum atomic E-state index is 13.4. The normalized spacial score (nSPS) is 28.7. The van der Waals surface area contributed by atoms with Gasteiger partial charge in [0.25, 0.3) is 0 Å². The first-order chi connectivity index (χ1) is 12.1. The number of halogens is 1. The average molecular weight is 340 g/mol. The topological polar surface area (TPSA) is 92.4 Å². The summed E-state index contributed by atoms with van der Waals surface area (Å²) in [6, 6.07) is 10.1. The van der Waals surface area contributed by atoms with Crippen LogP contribution in [0.5, 0.6) is 0 Å². The Hall–Kier alpha value is -2.37. The maximum absolute atomic E-state index is 13.4. The van der Waals surface area contributed by atoms with Crippen LogP contribution in [0.15, 0.2) is 36.5 Å². The van der Waals surface area contributed by atoms with Gasteiger partial charge in [-0.25, -0.2) is 9.29 Å². The molecular formula is C18H17FN4O2. The molecule has 1 aliphatic carbocycles. The van der Waals surface area contributed by atoms with Gasteiger partial charge in [0, 0.05) is 30.3 Å². The van der Waals surface area contributed by atoms with Gasteiger partial charge in [0.1, 0.15) is 18.1 Å². The van der Waals surface area contributed by atoms with Crippen molar-refractivity contribution < 1.29 is 14.6 Å². The van der Waals surface area contributed by atoms with Crippen LogP contribution in [0, 0.1) is 17.1 Å². The number of hydrogen-bond acceptors (Lipinski definition) is 6. The first-order valence-corrected chi connectivity index (χ1v) is 8.11. The molecule has 2 heterocycles. The fourth-order valence-corrected chi connectivity index (χ4v) is 3.42. The highest BCUT2D eigenvalue weighted by Crippen LogP contribution is 2.46. The lowest BCUT2D eigenvalue weighted by Gasteiger charge is -2.22. The molecule has 1 aromatic heterocycles. The van der Waals surface area contributed by atoms with E-state index in [1.165, 1.54) is 12.1 Å². The highest BCUT2D eigenvalue weighted by molar-refractivity contribution is 5.61. The molecule has 3 N–H and O–H groups in total. The van der Waals surface area contributed by atoms with E-state index in [4.69, 9.17) is 5.26 Å². The number of β-amino-alcohol motifs (C(OH)–C–C–N with tert-alkyl or cyclic N) is 1. The van der Waals surface area contributed by atoms with Gasteiger partial charge in [0.05, 0.1) is 11.3 Å². The van der Waals surface area contributed by atoms with E-state index < -0.39 is 18.4 Å². The number of aliphatic hydroxyl groups is 2. The van der Waals surface area contributed by atoms with Crippen molar-refractivity contribution in [3.63, 3.8) is 0 Å². The van der Waals surface area contributed by atoms with Crippen LogP contribution in [0.1, 0.15) is 23.5 Å². The second-order valence-electron chi connectivity index (χ2n) is 6.40. The molecule has 25 heavy (non-hydrogen) atoms. The zero-order valence-electron chi connectivity index (χ0n) is 13.3. The lowest BCUT2D eigenvalue weighted by Crippen LogP contribution is -2.41. The van der Waals surface area contributed by atoms with Crippen LogP contribution < -0.4 is 5.32 Å². The second kappa shape index (κ2) is 6.17. The third kappa shape index (κ3) is 2.90. The average Bonchev–Trinajstić information content (AvgIpc) is 3.34. The van der Waals surface area contributed by atoms with Crippen LogP contribution in [0.4, 0.5) is 4.39 Å². The van der Waals surface area contributed by atoms with E-state index in [2.05, 4.69) is 10.3 Å². The minimum Gasteiger partial charge on any atom is -0.377 e. The molecule has 0 radical (unpaired) electrons. The molecule has 4 unspecified atom stereocenters. The lowest BCUT2D eigenvalue weighted by molar-refractivity contribution is -0.0628. The van der Waals surface area contributed by atoms with E-state index in [9.17, 15) is 14.6 Å². The molecule has 4 atom stereocenters. The largest absolute Gasteiger partial charge is 0.377 e. The summed E-state index contributed by atoms with van der Waals surface area (Å²) in [5, 5.41) is 31.6. The van der Waals surface area contributed by atoms with Gasteiger partial charge in [-0.2, -0.15) is 5.26 Å². The van der Waals surface area contributed by atoms with Crippen molar-refractivity contribution in [3.8, 4) is 17.3 Å². The standard InChI is InChI=1S/C18H17FN4O2/c19-14-3-1-10(5-12(14)7-20)15-4-2-11(8-21-15)13-6-16(13)23-17(24)9-22-18(23)25/h1-5,8,13,16-18,22,24-25H,6,9H2. The van der Waals surface area contributed by atoms with Crippen LogP contribution >= 0.6 is 0 Å². The molecular weight excluding hydrogens is 323 g/mol. The van der Waals surface area contributed by atoms with E-state index >= 15 is 0 Å². The highest BCUT2D eigenvalue weighted by atomic mass is 19.1. The molecule has 128 valence electrons. The summed E-state index contributed by atoms with van der Waals surface area (Å²) in [5.74, 6) is -0.325. The lowest BCUT2D eigenvalue weighted by atomic mass is 10.1. The Morgan fingerprint density at radius 3 is 2.76 bits per heavy atom. The Labute approximate surface area is 144 Å². The van der Waals surface area contributed by atoms with Crippen LogP contribution in [0.3, 0.4) is 0 Å². The number of pyridine rings is 1. The number of aliphatic hydroxyl groups excluding tert-OH is 2. The van der Waals surface area contributed by atoms with Gasteiger partial charge in [0.15, 0.2) is 6.35 Å². The SMILES string of the molecule is N#Cc1cc(-c2ccc(C3CC3N3C(O)CNC3O)cn2)ccc1F. The molecule has 2 aliphatic rings. The van der Waals surface area contributed by atoms with Gasteiger partial charge in [-0.15, -0.1) is 0 Å². The van der Waals surface area contributed by atoms with Crippen molar-refractivity contribution in [1.29, 1.82) is 5.26 Å². The molecule has 1 aliphatic heterocycles. The third-order valence-corrected chi connectivity index (χ3v) is 4.85. The number of hydrogen-bond donors (Lipinski definition) is 3. The van der Waals surface area contributed by atoms with Crippen molar-refractivity contribution in [3.05, 3.63) is 53.5 Å². The monoisotopic (exact) mass is 340 g/mol. The molecule has 6 nitrogen and oxygen atoms in total. The van der Waals surface area contributed by atoms with E-state index in [0.29, 0.717) is 17.8 Å². The number of nitrogens with one attached hydrogen (secondary N) is 1. The summed E-state index contributed by atoms with van der Waals surface area (Å²) >= 11 is 0. The fourth-order valence-electron chi connectivity index (χ4n) is 3.42. The molecule has 1 aromatic carbocycles. The summed E-state index contributed by atoms with van der Waals surface area (Å²) < 4.78 is 13.4. The molecule has 1 saturated carbocycles. The van der Waals surface area contributed by atoms with Gasteiger partial charge in [-0.05, 0) is 36.2 Å². The van der Waals surface area contributed by atoms with Crippen LogP contribution in [0.25, 0.3) is 11.3 Å². The summed E-state index contributed by atoms with van der Waals surface area (Å²) in [6.45, 7) is 0.355. The maximum Gasteiger partial charge on any atom is 0.165 e. The minimum atomic E-state index is -0.819. The van der Waals surface area contributed by atoms with Crippen LogP contribution in [0.2, 0.25) is 0 Å². The molecule has 0 amide bonds. The molecule has 0 bridgehead atoms. The van der Waals surface area contributed by atoms with Gasteiger partial charge in [-0.3, -0.25) is 10.3 Å². The summed E-state index contributed by atoms with van der Waals surface area (Å²) in [4.78, 5) is 6.10. The zero-order valence-corrected chi connectivity index (χ0v) is 13.3. The smallest absolute Gasteiger partial charge is 0.165 e. The quantitative estimate of drug-likeness (QED) is 0.775. The van der Waals surface area contributed by atoms with Crippen LogP contribution in [-0.4, -0.2) is 45.3 Å². The third-order valence-electron chi connectivity index (χ3n) is 4.85. The zero-order chi connectivity index (χ0) is 17.6. The van der Waals surface area contributed by atoms with Gasteiger partial charge < -0.3 is 10.2 Å². The highest BCUT2D eigenvalue weighted by Gasteiger charge is 2.49. The number of rotatable bonds is 3. The first-order valence-electron chi connectivity index (χ1n) is 8.11. The van der Waals surface area contributed by atoms with E-state index in [-0.39, 0.29) is 17.5 Å². The molecule has 2 fully saturated rings. The van der Waals surface area contributed by atoms with E-state index in [1.807, 2.05) is 18.2 Å². The second-order valence-corrected chi connectivity index (χ2v) is 6.40.